The molecule has 2 heterocycles. The van der Waals surface area contributed by atoms with Gasteiger partial charge in [-0.2, -0.15) is 11.8 Å². The summed E-state index contributed by atoms with van der Waals surface area (Å²) in [5, 5.41) is 4.90. The quantitative estimate of drug-likeness (QED) is 0.788. The maximum absolute atomic E-state index is 4.55. The Bertz CT molecular complexity index is 545. The molecule has 1 aliphatic rings. The summed E-state index contributed by atoms with van der Waals surface area (Å²) in [4.78, 5) is 4.55. The van der Waals surface area contributed by atoms with Crippen molar-refractivity contribution in [2.75, 3.05) is 11.5 Å². The van der Waals surface area contributed by atoms with Crippen LogP contribution in [-0.4, -0.2) is 27.1 Å². The van der Waals surface area contributed by atoms with Gasteiger partial charge in [-0.05, 0) is 36.3 Å². The van der Waals surface area contributed by atoms with E-state index in [1.54, 1.807) is 0 Å². The van der Waals surface area contributed by atoms with Crippen molar-refractivity contribution in [3.63, 3.8) is 0 Å². The average Bonchev–Trinajstić information content (AvgIpc) is 3.20. The molecule has 2 aromatic heterocycles. The van der Waals surface area contributed by atoms with Crippen LogP contribution in [0.15, 0.2) is 24.5 Å². The molecule has 0 aliphatic heterocycles. The van der Waals surface area contributed by atoms with Gasteiger partial charge in [0.25, 0.3) is 0 Å². The first-order chi connectivity index (χ1) is 9.38. The molecule has 3 rings (SSSR count). The molecule has 2 aromatic rings. The molecular weight excluding hydrogens is 254 g/mol. The van der Waals surface area contributed by atoms with E-state index in [0.717, 1.165) is 30.5 Å². The lowest BCUT2D eigenvalue weighted by molar-refractivity contribution is 0.686. The maximum Gasteiger partial charge on any atom is 0.140 e. The topological polar surface area (TPSA) is 29.9 Å². The Balaban J connectivity index is 1.79. The van der Waals surface area contributed by atoms with Crippen LogP contribution < -0.4 is 5.32 Å². The van der Waals surface area contributed by atoms with E-state index >= 15 is 0 Å². The summed E-state index contributed by atoms with van der Waals surface area (Å²) < 4.78 is 2.31. The molecule has 1 saturated carbocycles. The van der Waals surface area contributed by atoms with E-state index in [-0.39, 0.29) is 0 Å². The van der Waals surface area contributed by atoms with Crippen molar-refractivity contribution < 1.29 is 0 Å². The molecule has 102 valence electrons. The van der Waals surface area contributed by atoms with Crippen LogP contribution in [0.2, 0.25) is 0 Å². The Morgan fingerprint density at radius 2 is 2.37 bits per heavy atom. The summed E-state index contributed by atoms with van der Waals surface area (Å²) in [5.41, 5.74) is 2.52. The van der Waals surface area contributed by atoms with Crippen molar-refractivity contribution in [3.8, 4) is 0 Å². The van der Waals surface area contributed by atoms with Gasteiger partial charge in [0.05, 0.1) is 0 Å². The fourth-order valence-electron chi connectivity index (χ4n) is 2.36. The lowest BCUT2D eigenvalue weighted by atomic mass is 10.2. The van der Waals surface area contributed by atoms with E-state index in [4.69, 9.17) is 0 Å². The first kappa shape index (κ1) is 13.0. The van der Waals surface area contributed by atoms with Crippen molar-refractivity contribution in [1.82, 2.24) is 14.9 Å². The number of fused-ring (bicyclic) bond motifs is 1. The molecular formula is C15H21N3S. The standard InChI is InChI=1S/C15H21N3S/c1-2-19-9-8-18-11-12(10-17-13-5-6-13)14-4-3-7-16-15(14)18/h3-4,7,11,13,17H,2,5-6,8-10H2,1H3. The molecule has 0 radical (unpaired) electrons. The van der Waals surface area contributed by atoms with E-state index in [9.17, 15) is 0 Å². The van der Waals surface area contributed by atoms with Crippen LogP contribution in [0.25, 0.3) is 11.0 Å². The summed E-state index contributed by atoms with van der Waals surface area (Å²) >= 11 is 1.98. The minimum atomic E-state index is 0.755. The van der Waals surface area contributed by atoms with Gasteiger partial charge < -0.3 is 9.88 Å². The Kier molecular flexibility index (Phi) is 4.09. The Morgan fingerprint density at radius 3 is 3.16 bits per heavy atom. The normalized spacial score (nSPS) is 15.2. The van der Waals surface area contributed by atoms with Crippen molar-refractivity contribution >= 4 is 22.8 Å². The van der Waals surface area contributed by atoms with Crippen molar-refractivity contribution in [1.29, 1.82) is 0 Å². The van der Waals surface area contributed by atoms with Crippen LogP contribution in [0.1, 0.15) is 25.3 Å². The predicted molar refractivity (Wildman–Crippen MR) is 82.6 cm³/mol. The lowest BCUT2D eigenvalue weighted by Gasteiger charge is -2.02. The summed E-state index contributed by atoms with van der Waals surface area (Å²) in [7, 11) is 0. The highest BCUT2D eigenvalue weighted by molar-refractivity contribution is 7.99. The monoisotopic (exact) mass is 275 g/mol. The van der Waals surface area contributed by atoms with Gasteiger partial charge in [-0.15, -0.1) is 0 Å². The second kappa shape index (κ2) is 5.97. The summed E-state index contributed by atoms with van der Waals surface area (Å²) in [6.45, 7) is 4.23. The number of aromatic nitrogens is 2. The van der Waals surface area contributed by atoms with Crippen LogP contribution >= 0.6 is 11.8 Å². The molecule has 1 aliphatic carbocycles. The lowest BCUT2D eigenvalue weighted by Crippen LogP contribution is -2.14. The number of nitrogens with zero attached hydrogens (tertiary/aromatic N) is 2. The van der Waals surface area contributed by atoms with Gasteiger partial charge in [-0.25, -0.2) is 4.98 Å². The number of hydrogen-bond donors (Lipinski definition) is 1. The fraction of sp³-hybridized carbons (Fsp3) is 0.533. The number of pyridine rings is 1. The van der Waals surface area contributed by atoms with Crippen LogP contribution in [-0.2, 0) is 13.1 Å². The van der Waals surface area contributed by atoms with E-state index in [1.807, 2.05) is 24.0 Å². The number of hydrogen-bond acceptors (Lipinski definition) is 3. The number of nitrogens with one attached hydrogen (secondary N) is 1. The smallest absolute Gasteiger partial charge is 0.140 e. The Morgan fingerprint density at radius 1 is 1.47 bits per heavy atom. The third-order valence-corrected chi connectivity index (χ3v) is 4.44. The average molecular weight is 275 g/mol. The van der Waals surface area contributed by atoms with E-state index in [0.29, 0.717) is 0 Å². The van der Waals surface area contributed by atoms with Gasteiger partial charge in [-0.1, -0.05) is 6.92 Å². The number of rotatable bonds is 7. The molecule has 0 spiro atoms. The molecule has 0 saturated heterocycles. The number of thioether (sulfide) groups is 1. The minimum absolute atomic E-state index is 0.755. The van der Waals surface area contributed by atoms with E-state index in [1.165, 1.54) is 29.5 Å². The zero-order valence-electron chi connectivity index (χ0n) is 11.4. The van der Waals surface area contributed by atoms with Gasteiger partial charge in [0, 0.05) is 42.7 Å². The van der Waals surface area contributed by atoms with Gasteiger partial charge in [0.1, 0.15) is 5.65 Å². The van der Waals surface area contributed by atoms with Gasteiger partial charge in [0.15, 0.2) is 0 Å². The van der Waals surface area contributed by atoms with Gasteiger partial charge >= 0.3 is 0 Å². The minimum Gasteiger partial charge on any atom is -0.331 e. The second-order valence-electron chi connectivity index (χ2n) is 5.07. The highest BCUT2D eigenvalue weighted by Crippen LogP contribution is 2.23. The summed E-state index contributed by atoms with van der Waals surface area (Å²) in [6, 6.07) is 4.98. The maximum atomic E-state index is 4.55. The van der Waals surface area contributed by atoms with Crippen LogP contribution in [0, 0.1) is 0 Å². The third kappa shape index (κ3) is 3.12. The Hall–Kier alpha value is -1.00. The fourth-order valence-corrected chi connectivity index (χ4v) is 2.97. The largest absolute Gasteiger partial charge is 0.331 e. The molecule has 19 heavy (non-hydrogen) atoms. The van der Waals surface area contributed by atoms with Crippen molar-refractivity contribution in [3.05, 3.63) is 30.1 Å². The van der Waals surface area contributed by atoms with Crippen LogP contribution in [0.5, 0.6) is 0 Å². The third-order valence-electron chi connectivity index (χ3n) is 3.56. The zero-order valence-corrected chi connectivity index (χ0v) is 12.2. The SMILES string of the molecule is CCSCCn1cc(CNC2CC2)c2cccnc21. The molecule has 0 unspecified atom stereocenters. The van der Waals surface area contributed by atoms with Crippen LogP contribution in [0.4, 0.5) is 0 Å². The first-order valence-electron chi connectivity index (χ1n) is 7.12. The van der Waals surface area contributed by atoms with E-state index in [2.05, 4.69) is 34.1 Å². The molecule has 0 bridgehead atoms. The molecule has 1 N–H and O–H groups in total. The Labute approximate surface area is 118 Å². The predicted octanol–water partition coefficient (Wildman–Crippen LogP) is 3.04. The molecule has 1 fully saturated rings. The van der Waals surface area contributed by atoms with Gasteiger partial charge in [0.2, 0.25) is 0 Å². The van der Waals surface area contributed by atoms with Gasteiger partial charge in [-0.3, -0.25) is 0 Å². The molecule has 3 nitrogen and oxygen atoms in total. The van der Waals surface area contributed by atoms with Crippen molar-refractivity contribution in [2.45, 2.75) is 38.9 Å². The highest BCUT2D eigenvalue weighted by Gasteiger charge is 2.20. The zero-order chi connectivity index (χ0) is 13.1. The number of aryl methyl sites for hydroxylation is 1. The summed E-state index contributed by atoms with van der Waals surface area (Å²) in [5.74, 6) is 2.34. The van der Waals surface area contributed by atoms with Crippen molar-refractivity contribution in [2.24, 2.45) is 0 Å². The summed E-state index contributed by atoms with van der Waals surface area (Å²) in [6.07, 6.45) is 6.85. The molecule has 0 atom stereocenters. The molecule has 0 amide bonds. The molecule has 0 aromatic carbocycles. The van der Waals surface area contributed by atoms with Crippen LogP contribution in [0.3, 0.4) is 0 Å². The highest BCUT2D eigenvalue weighted by atomic mass is 32.2. The second-order valence-corrected chi connectivity index (χ2v) is 6.47. The molecule has 4 heteroatoms. The van der Waals surface area contributed by atoms with E-state index < -0.39 is 0 Å². The first-order valence-corrected chi connectivity index (χ1v) is 8.28.